The molecule has 0 radical (unpaired) electrons. The number of hydrogen-bond acceptors (Lipinski definition) is 3. The topological polar surface area (TPSA) is 35.5 Å². The number of rotatable bonds is 7. The molecule has 0 heterocycles. The van der Waals surface area contributed by atoms with Gasteiger partial charge in [0.15, 0.2) is 6.29 Å². The lowest BCUT2D eigenvalue weighted by molar-refractivity contribution is 0.111. The van der Waals surface area contributed by atoms with Crippen molar-refractivity contribution >= 4 is 28.9 Å². The van der Waals surface area contributed by atoms with E-state index in [-0.39, 0.29) is 0 Å². The normalized spacial score (nSPS) is 10.1. The monoisotopic (exact) mass is 348 g/mol. The van der Waals surface area contributed by atoms with E-state index in [9.17, 15) is 4.79 Å². The molecule has 0 aromatic heterocycles. The van der Waals surface area contributed by atoms with Crippen LogP contribution in [0.25, 0.3) is 0 Å². The molecule has 0 aliphatic rings. The van der Waals surface area contributed by atoms with Crippen molar-refractivity contribution in [3.8, 4) is 11.5 Å². The molecule has 17 heavy (non-hydrogen) atoms. The van der Waals surface area contributed by atoms with Gasteiger partial charge >= 0.3 is 0 Å². The largest absolute Gasteiger partial charge is 0.493 e. The van der Waals surface area contributed by atoms with Crippen molar-refractivity contribution in [2.75, 3.05) is 13.2 Å². The molecule has 0 aliphatic heterocycles. The van der Waals surface area contributed by atoms with Crippen molar-refractivity contribution in [1.29, 1.82) is 0 Å². The Balaban J connectivity index is 2.93. The van der Waals surface area contributed by atoms with Crippen molar-refractivity contribution < 1.29 is 14.3 Å². The first-order valence-corrected chi connectivity index (χ1v) is 6.85. The van der Waals surface area contributed by atoms with E-state index < -0.39 is 0 Å². The van der Waals surface area contributed by atoms with Crippen molar-refractivity contribution in [2.45, 2.75) is 26.7 Å². The minimum absolute atomic E-state index is 0.546. The Morgan fingerprint density at radius 2 is 1.71 bits per heavy atom. The fraction of sp³-hybridized carbons (Fsp3) is 0.462. The van der Waals surface area contributed by atoms with Crippen LogP contribution in [-0.4, -0.2) is 19.5 Å². The number of aldehydes is 1. The lowest BCUT2D eigenvalue weighted by Gasteiger charge is -2.12. The first-order valence-electron chi connectivity index (χ1n) is 5.77. The number of carbonyl (C=O) groups excluding carboxylic acids is 1. The lowest BCUT2D eigenvalue weighted by atomic mass is 10.2. The summed E-state index contributed by atoms with van der Waals surface area (Å²) in [6, 6.07) is 3.60. The second-order valence-electron chi connectivity index (χ2n) is 3.64. The second kappa shape index (κ2) is 7.53. The molecule has 0 fully saturated rings. The first kappa shape index (κ1) is 14.3. The van der Waals surface area contributed by atoms with Crippen LogP contribution >= 0.6 is 22.6 Å². The zero-order valence-electron chi connectivity index (χ0n) is 10.2. The van der Waals surface area contributed by atoms with Gasteiger partial charge in [-0.05, 0) is 47.6 Å². The van der Waals surface area contributed by atoms with Crippen LogP contribution < -0.4 is 9.47 Å². The van der Waals surface area contributed by atoms with Gasteiger partial charge < -0.3 is 9.47 Å². The Morgan fingerprint density at radius 3 is 2.24 bits per heavy atom. The van der Waals surface area contributed by atoms with Crippen LogP contribution in [0.1, 0.15) is 37.0 Å². The van der Waals surface area contributed by atoms with Crippen LogP contribution in [0.5, 0.6) is 11.5 Å². The molecule has 0 N–H and O–H groups in total. The second-order valence-corrected chi connectivity index (χ2v) is 4.80. The third-order valence-corrected chi connectivity index (χ3v) is 2.96. The van der Waals surface area contributed by atoms with E-state index >= 15 is 0 Å². The van der Waals surface area contributed by atoms with E-state index in [0.29, 0.717) is 24.5 Å². The van der Waals surface area contributed by atoms with Gasteiger partial charge in [0.25, 0.3) is 0 Å². The van der Waals surface area contributed by atoms with Gasteiger partial charge in [0.1, 0.15) is 11.5 Å². The predicted molar refractivity (Wildman–Crippen MR) is 76.1 cm³/mol. The summed E-state index contributed by atoms with van der Waals surface area (Å²) in [4.78, 5) is 11.0. The van der Waals surface area contributed by atoms with E-state index in [0.717, 1.165) is 28.4 Å². The third-order valence-electron chi connectivity index (χ3n) is 2.11. The Bertz CT molecular complexity index is 377. The molecule has 0 atom stereocenters. The van der Waals surface area contributed by atoms with Crippen LogP contribution in [0.4, 0.5) is 0 Å². The van der Waals surface area contributed by atoms with Gasteiger partial charge in [-0.15, -0.1) is 0 Å². The molecule has 0 aliphatic carbocycles. The highest BCUT2D eigenvalue weighted by molar-refractivity contribution is 14.1. The Labute approximate surface area is 116 Å². The number of hydrogen-bond donors (Lipinski definition) is 0. The standard InChI is InChI=1S/C13H17IO3/c1-3-5-16-12-8-11(14)13(17-6-4-2)7-10(12)9-15/h7-9H,3-6H2,1-2H3. The van der Waals surface area contributed by atoms with Gasteiger partial charge in [-0.1, -0.05) is 13.8 Å². The van der Waals surface area contributed by atoms with Gasteiger partial charge in [0.2, 0.25) is 0 Å². The fourth-order valence-electron chi connectivity index (χ4n) is 1.30. The lowest BCUT2D eigenvalue weighted by Crippen LogP contribution is -2.02. The molecule has 1 aromatic rings. The molecule has 1 aromatic carbocycles. The summed E-state index contributed by atoms with van der Waals surface area (Å²) in [7, 11) is 0. The maximum atomic E-state index is 11.0. The highest BCUT2D eigenvalue weighted by atomic mass is 127. The van der Waals surface area contributed by atoms with Gasteiger partial charge in [-0.2, -0.15) is 0 Å². The van der Waals surface area contributed by atoms with E-state index in [2.05, 4.69) is 22.6 Å². The minimum Gasteiger partial charge on any atom is -0.493 e. The average molecular weight is 348 g/mol. The molecule has 0 bridgehead atoms. The molecule has 3 nitrogen and oxygen atoms in total. The van der Waals surface area contributed by atoms with Crippen molar-refractivity contribution in [3.63, 3.8) is 0 Å². The smallest absolute Gasteiger partial charge is 0.153 e. The summed E-state index contributed by atoms with van der Waals surface area (Å²) in [5.41, 5.74) is 0.546. The SMILES string of the molecule is CCCOc1cc(C=O)c(OCCC)cc1I. The summed E-state index contributed by atoms with van der Waals surface area (Å²) >= 11 is 2.19. The summed E-state index contributed by atoms with van der Waals surface area (Å²) in [5.74, 6) is 1.38. The molecule has 0 saturated heterocycles. The van der Waals surface area contributed by atoms with Crippen molar-refractivity contribution in [1.82, 2.24) is 0 Å². The molecule has 0 saturated carbocycles. The van der Waals surface area contributed by atoms with Gasteiger partial charge in [0.05, 0.1) is 22.3 Å². The first-order chi connectivity index (χ1) is 8.22. The number of ether oxygens (including phenoxy) is 2. The van der Waals surface area contributed by atoms with Gasteiger partial charge in [0, 0.05) is 0 Å². The molecule has 4 heteroatoms. The summed E-state index contributed by atoms with van der Waals surface area (Å²) in [6.45, 7) is 5.35. The third kappa shape index (κ3) is 4.18. The maximum Gasteiger partial charge on any atom is 0.153 e. The molecular weight excluding hydrogens is 331 g/mol. The van der Waals surface area contributed by atoms with Gasteiger partial charge in [-0.25, -0.2) is 0 Å². The van der Waals surface area contributed by atoms with Gasteiger partial charge in [-0.3, -0.25) is 4.79 Å². The molecule has 0 unspecified atom stereocenters. The van der Waals surface area contributed by atoms with E-state index in [1.807, 2.05) is 19.9 Å². The van der Waals surface area contributed by atoms with E-state index in [1.165, 1.54) is 0 Å². The van der Waals surface area contributed by atoms with Crippen LogP contribution in [-0.2, 0) is 0 Å². The van der Waals surface area contributed by atoms with Crippen LogP contribution in [0.15, 0.2) is 12.1 Å². The highest BCUT2D eigenvalue weighted by Gasteiger charge is 2.09. The Morgan fingerprint density at radius 1 is 1.12 bits per heavy atom. The van der Waals surface area contributed by atoms with Crippen molar-refractivity contribution in [3.05, 3.63) is 21.3 Å². The van der Waals surface area contributed by atoms with Crippen LogP contribution in [0.2, 0.25) is 0 Å². The molecule has 94 valence electrons. The molecular formula is C13H17IO3. The zero-order chi connectivity index (χ0) is 12.7. The molecule has 0 spiro atoms. The number of carbonyl (C=O) groups is 1. The molecule has 0 amide bonds. The Kier molecular flexibility index (Phi) is 6.32. The van der Waals surface area contributed by atoms with Crippen LogP contribution in [0, 0.1) is 3.57 Å². The Hall–Kier alpha value is -0.780. The predicted octanol–water partition coefficient (Wildman–Crippen LogP) is 3.68. The number of halogens is 1. The highest BCUT2D eigenvalue weighted by Crippen LogP contribution is 2.29. The quantitative estimate of drug-likeness (QED) is 0.557. The summed E-state index contributed by atoms with van der Waals surface area (Å²) in [6.07, 6.45) is 2.67. The summed E-state index contributed by atoms with van der Waals surface area (Å²) < 4.78 is 12.1. The fourth-order valence-corrected chi connectivity index (χ4v) is 1.90. The van der Waals surface area contributed by atoms with Crippen LogP contribution in [0.3, 0.4) is 0 Å². The zero-order valence-corrected chi connectivity index (χ0v) is 12.3. The van der Waals surface area contributed by atoms with Crippen molar-refractivity contribution in [2.24, 2.45) is 0 Å². The average Bonchev–Trinajstić information content (AvgIpc) is 2.35. The number of benzene rings is 1. The van der Waals surface area contributed by atoms with E-state index in [4.69, 9.17) is 9.47 Å². The maximum absolute atomic E-state index is 11.0. The molecule has 1 rings (SSSR count). The summed E-state index contributed by atoms with van der Waals surface area (Å²) in [5, 5.41) is 0. The van der Waals surface area contributed by atoms with E-state index in [1.54, 1.807) is 6.07 Å². The minimum atomic E-state index is 0.546.